The third-order valence-electron chi connectivity index (χ3n) is 3.18. The van der Waals surface area contributed by atoms with Crippen LogP contribution < -0.4 is 0 Å². The zero-order chi connectivity index (χ0) is 8.72. The van der Waals surface area contributed by atoms with Crippen LogP contribution in [0, 0.1) is 0 Å². The minimum absolute atomic E-state index is 0.548. The Hall–Kier alpha value is -0.730. The van der Waals surface area contributed by atoms with Gasteiger partial charge in [0.05, 0.1) is 6.04 Å². The maximum atomic E-state index is 4.55. The van der Waals surface area contributed by atoms with Crippen molar-refractivity contribution in [2.24, 2.45) is 5.10 Å². The SMILES string of the molecule is CC1C(C)N2CCCC2=NN1C. The Morgan fingerprint density at radius 3 is 2.83 bits per heavy atom. The number of hydrogen-bond acceptors (Lipinski definition) is 3. The maximum Gasteiger partial charge on any atom is 0.125 e. The van der Waals surface area contributed by atoms with E-state index in [0.717, 1.165) is 0 Å². The van der Waals surface area contributed by atoms with E-state index in [2.05, 4.69) is 35.9 Å². The van der Waals surface area contributed by atoms with Crippen LogP contribution in [0.15, 0.2) is 5.10 Å². The molecule has 2 heterocycles. The Balaban J connectivity index is 2.25. The minimum Gasteiger partial charge on any atom is -0.354 e. The summed E-state index contributed by atoms with van der Waals surface area (Å²) in [4.78, 5) is 2.45. The molecule has 0 bridgehead atoms. The highest BCUT2D eigenvalue weighted by molar-refractivity contribution is 5.84. The molecule has 0 radical (unpaired) electrons. The predicted molar refractivity (Wildman–Crippen MR) is 50.1 cm³/mol. The fraction of sp³-hybridized carbons (Fsp3) is 0.889. The van der Waals surface area contributed by atoms with E-state index in [4.69, 9.17) is 0 Å². The van der Waals surface area contributed by atoms with Gasteiger partial charge in [0.25, 0.3) is 0 Å². The van der Waals surface area contributed by atoms with E-state index < -0.39 is 0 Å². The highest BCUT2D eigenvalue weighted by Crippen LogP contribution is 2.23. The molecule has 0 aliphatic carbocycles. The molecule has 3 heteroatoms. The second kappa shape index (κ2) is 2.64. The van der Waals surface area contributed by atoms with Crippen molar-refractivity contribution in [3.8, 4) is 0 Å². The first-order chi connectivity index (χ1) is 5.70. The Labute approximate surface area is 74.0 Å². The van der Waals surface area contributed by atoms with Crippen LogP contribution in [0.5, 0.6) is 0 Å². The standard InChI is InChI=1S/C9H17N3/c1-7-8(2)12-6-4-5-9(12)10-11(7)3/h7-8H,4-6H2,1-3H3. The number of amidine groups is 1. The lowest BCUT2D eigenvalue weighted by molar-refractivity contribution is 0.144. The molecule has 2 aliphatic heterocycles. The minimum atomic E-state index is 0.548. The second-order valence-corrected chi connectivity index (χ2v) is 3.87. The van der Waals surface area contributed by atoms with Crippen molar-refractivity contribution in [2.75, 3.05) is 13.6 Å². The fourth-order valence-electron chi connectivity index (χ4n) is 2.07. The Kier molecular flexibility index (Phi) is 1.74. The molecule has 2 unspecified atom stereocenters. The van der Waals surface area contributed by atoms with Crippen molar-refractivity contribution >= 4 is 5.84 Å². The molecule has 0 aromatic carbocycles. The van der Waals surface area contributed by atoms with Crippen LogP contribution in [-0.4, -0.2) is 41.4 Å². The number of likely N-dealkylation sites (N-methyl/N-ethyl adjacent to an activating group) is 1. The predicted octanol–water partition coefficient (Wildman–Crippen LogP) is 1.12. The molecule has 3 nitrogen and oxygen atoms in total. The highest BCUT2D eigenvalue weighted by Gasteiger charge is 2.32. The first kappa shape index (κ1) is 7.90. The molecule has 2 atom stereocenters. The molecule has 1 saturated heterocycles. The summed E-state index contributed by atoms with van der Waals surface area (Å²) in [7, 11) is 2.07. The van der Waals surface area contributed by atoms with Crippen molar-refractivity contribution in [3.63, 3.8) is 0 Å². The lowest BCUT2D eigenvalue weighted by atomic mass is 10.1. The molecular weight excluding hydrogens is 150 g/mol. The monoisotopic (exact) mass is 167 g/mol. The number of hydrazone groups is 1. The molecular formula is C9H17N3. The molecule has 2 aliphatic rings. The van der Waals surface area contributed by atoms with Crippen LogP contribution in [0.4, 0.5) is 0 Å². The van der Waals surface area contributed by atoms with Gasteiger partial charge in [0, 0.05) is 26.1 Å². The van der Waals surface area contributed by atoms with E-state index in [1.807, 2.05) is 0 Å². The number of rotatable bonds is 0. The van der Waals surface area contributed by atoms with Crippen molar-refractivity contribution in [3.05, 3.63) is 0 Å². The molecule has 68 valence electrons. The van der Waals surface area contributed by atoms with Crippen molar-refractivity contribution < 1.29 is 0 Å². The summed E-state index contributed by atoms with van der Waals surface area (Å²) >= 11 is 0. The third-order valence-corrected chi connectivity index (χ3v) is 3.18. The second-order valence-electron chi connectivity index (χ2n) is 3.87. The van der Waals surface area contributed by atoms with Gasteiger partial charge in [0.1, 0.15) is 5.84 Å². The summed E-state index contributed by atoms with van der Waals surface area (Å²) < 4.78 is 0. The summed E-state index contributed by atoms with van der Waals surface area (Å²) in [6.07, 6.45) is 2.45. The summed E-state index contributed by atoms with van der Waals surface area (Å²) in [5.74, 6) is 1.29. The largest absolute Gasteiger partial charge is 0.354 e. The summed E-state index contributed by atoms with van der Waals surface area (Å²) in [6, 6.07) is 1.18. The number of nitrogens with zero attached hydrogens (tertiary/aromatic N) is 3. The van der Waals surface area contributed by atoms with Crippen molar-refractivity contribution in [1.82, 2.24) is 9.91 Å². The molecule has 12 heavy (non-hydrogen) atoms. The fourth-order valence-corrected chi connectivity index (χ4v) is 2.07. The van der Waals surface area contributed by atoms with E-state index in [-0.39, 0.29) is 0 Å². The van der Waals surface area contributed by atoms with Crippen molar-refractivity contribution in [2.45, 2.75) is 38.8 Å². The Morgan fingerprint density at radius 2 is 2.08 bits per heavy atom. The number of hydrogen-bond donors (Lipinski definition) is 0. The van der Waals surface area contributed by atoms with E-state index in [1.165, 1.54) is 25.2 Å². The topological polar surface area (TPSA) is 18.8 Å². The zero-order valence-electron chi connectivity index (χ0n) is 8.12. The van der Waals surface area contributed by atoms with Crippen molar-refractivity contribution in [1.29, 1.82) is 0 Å². The van der Waals surface area contributed by atoms with Gasteiger partial charge in [0.2, 0.25) is 0 Å². The van der Waals surface area contributed by atoms with Crippen LogP contribution in [0.1, 0.15) is 26.7 Å². The van der Waals surface area contributed by atoms with E-state index in [9.17, 15) is 0 Å². The van der Waals surface area contributed by atoms with Gasteiger partial charge < -0.3 is 4.90 Å². The van der Waals surface area contributed by atoms with Crippen LogP contribution >= 0.6 is 0 Å². The summed E-state index contributed by atoms with van der Waals surface area (Å²) in [6.45, 7) is 5.74. The zero-order valence-corrected chi connectivity index (χ0v) is 8.12. The molecule has 0 amide bonds. The smallest absolute Gasteiger partial charge is 0.125 e. The maximum absolute atomic E-state index is 4.55. The first-order valence-corrected chi connectivity index (χ1v) is 4.77. The molecule has 0 aromatic rings. The molecule has 0 aromatic heterocycles. The van der Waals surface area contributed by atoms with Gasteiger partial charge in [-0.25, -0.2) is 0 Å². The van der Waals surface area contributed by atoms with Gasteiger partial charge in [-0.1, -0.05) is 0 Å². The molecule has 2 rings (SSSR count). The van der Waals surface area contributed by atoms with E-state index in [0.29, 0.717) is 12.1 Å². The van der Waals surface area contributed by atoms with Crippen LogP contribution in [-0.2, 0) is 0 Å². The number of fused-ring (bicyclic) bond motifs is 1. The van der Waals surface area contributed by atoms with Gasteiger partial charge in [-0.15, -0.1) is 0 Å². The molecule has 0 spiro atoms. The summed E-state index contributed by atoms with van der Waals surface area (Å²) in [5.41, 5.74) is 0. The highest BCUT2D eigenvalue weighted by atomic mass is 15.5. The van der Waals surface area contributed by atoms with E-state index in [1.54, 1.807) is 0 Å². The Bertz CT molecular complexity index is 212. The van der Waals surface area contributed by atoms with Gasteiger partial charge >= 0.3 is 0 Å². The van der Waals surface area contributed by atoms with Gasteiger partial charge in [-0.2, -0.15) is 5.10 Å². The van der Waals surface area contributed by atoms with E-state index >= 15 is 0 Å². The van der Waals surface area contributed by atoms with Crippen LogP contribution in [0.25, 0.3) is 0 Å². The lowest BCUT2D eigenvalue weighted by Crippen LogP contribution is -2.51. The van der Waals surface area contributed by atoms with Crippen LogP contribution in [0.2, 0.25) is 0 Å². The molecule has 0 saturated carbocycles. The van der Waals surface area contributed by atoms with Gasteiger partial charge in [-0.05, 0) is 20.3 Å². The van der Waals surface area contributed by atoms with Crippen LogP contribution in [0.3, 0.4) is 0 Å². The third kappa shape index (κ3) is 0.993. The normalized spacial score (nSPS) is 35.1. The molecule has 1 fully saturated rings. The van der Waals surface area contributed by atoms with Gasteiger partial charge in [0.15, 0.2) is 0 Å². The lowest BCUT2D eigenvalue weighted by Gasteiger charge is -2.40. The quantitative estimate of drug-likeness (QED) is 0.538. The average Bonchev–Trinajstić information content (AvgIpc) is 2.48. The summed E-state index contributed by atoms with van der Waals surface area (Å²) in [5, 5.41) is 6.65. The average molecular weight is 167 g/mol. The first-order valence-electron chi connectivity index (χ1n) is 4.77. The molecule has 0 N–H and O–H groups in total. The van der Waals surface area contributed by atoms with Gasteiger partial charge in [-0.3, -0.25) is 5.01 Å². The Morgan fingerprint density at radius 1 is 1.33 bits per heavy atom.